The Morgan fingerprint density at radius 3 is 2.60 bits per heavy atom. The van der Waals surface area contributed by atoms with Crippen LogP contribution >= 0.6 is 11.3 Å². The van der Waals surface area contributed by atoms with Crippen LogP contribution in [0.1, 0.15) is 29.3 Å². The number of rotatable bonds is 4. The number of fused-ring (bicyclic) bond motifs is 1. The number of likely N-dealkylation sites (tertiary alicyclic amines) is 1. The van der Waals surface area contributed by atoms with Crippen molar-refractivity contribution in [2.24, 2.45) is 0 Å². The zero-order valence-corrected chi connectivity index (χ0v) is 17.3. The second-order valence-corrected chi connectivity index (χ2v) is 8.57. The molecule has 1 fully saturated rings. The van der Waals surface area contributed by atoms with Gasteiger partial charge in [0.05, 0.1) is 27.1 Å². The molecule has 6 heteroatoms. The van der Waals surface area contributed by atoms with Gasteiger partial charge in [0.1, 0.15) is 0 Å². The molecule has 0 radical (unpaired) electrons. The van der Waals surface area contributed by atoms with Gasteiger partial charge in [0, 0.05) is 36.8 Å². The normalized spacial score (nSPS) is 15.3. The van der Waals surface area contributed by atoms with E-state index in [0.717, 1.165) is 42.7 Å². The molecule has 0 N–H and O–H groups in total. The van der Waals surface area contributed by atoms with Gasteiger partial charge in [-0.15, -0.1) is 11.3 Å². The van der Waals surface area contributed by atoms with Gasteiger partial charge in [-0.05, 0) is 43.2 Å². The highest BCUT2D eigenvalue weighted by Crippen LogP contribution is 2.33. The van der Waals surface area contributed by atoms with Crippen molar-refractivity contribution in [1.29, 1.82) is 0 Å². The number of carbonyl (C=O) groups excluding carboxylic acids is 1. The van der Waals surface area contributed by atoms with Gasteiger partial charge in [0.15, 0.2) is 0 Å². The smallest absolute Gasteiger partial charge is 0.246 e. The fourth-order valence-corrected chi connectivity index (χ4v) is 4.97. The van der Waals surface area contributed by atoms with Crippen molar-refractivity contribution in [3.8, 4) is 5.69 Å². The van der Waals surface area contributed by atoms with Crippen molar-refractivity contribution in [2.45, 2.75) is 18.8 Å². The molecule has 0 bridgehead atoms. The summed E-state index contributed by atoms with van der Waals surface area (Å²) in [6, 6.07) is 18.2. The highest BCUT2D eigenvalue weighted by molar-refractivity contribution is 7.18. The van der Waals surface area contributed by atoms with Crippen molar-refractivity contribution in [3.05, 3.63) is 83.6 Å². The first kappa shape index (κ1) is 18.8. The average Bonchev–Trinajstić information content (AvgIpc) is 3.45. The third-order valence-corrected chi connectivity index (χ3v) is 6.71. The standard InChI is InChI=1S/C24H22N4OS/c29-23(11-10-18-16-25-28(17-18)20-6-2-1-3-7-20)27-14-12-19(13-15-27)24-26-21-8-4-5-9-22(21)30-24/h1-11,16-17,19H,12-15H2/b11-10+. The third-order valence-electron chi connectivity index (χ3n) is 5.51. The number of hydrogen-bond acceptors (Lipinski definition) is 4. The van der Waals surface area contributed by atoms with E-state index in [-0.39, 0.29) is 5.91 Å². The molecule has 2 aromatic heterocycles. The van der Waals surface area contributed by atoms with Crippen LogP contribution in [0.2, 0.25) is 0 Å². The van der Waals surface area contributed by atoms with Gasteiger partial charge in [-0.1, -0.05) is 30.3 Å². The van der Waals surface area contributed by atoms with E-state index < -0.39 is 0 Å². The molecule has 0 aliphatic carbocycles. The Hall–Kier alpha value is -3.25. The van der Waals surface area contributed by atoms with Crippen LogP contribution in [0, 0.1) is 0 Å². The SMILES string of the molecule is O=C(/C=C/c1cnn(-c2ccccc2)c1)N1CCC(c2nc3ccccc3s2)CC1. The van der Waals surface area contributed by atoms with Gasteiger partial charge < -0.3 is 4.90 Å². The third kappa shape index (κ3) is 3.91. The second kappa shape index (κ2) is 8.24. The fraction of sp³-hybridized carbons (Fsp3) is 0.208. The Labute approximate surface area is 179 Å². The zero-order valence-electron chi connectivity index (χ0n) is 16.5. The Balaban J connectivity index is 1.19. The summed E-state index contributed by atoms with van der Waals surface area (Å²) >= 11 is 1.78. The molecule has 2 aromatic carbocycles. The van der Waals surface area contributed by atoms with E-state index in [0.29, 0.717) is 5.92 Å². The van der Waals surface area contributed by atoms with Crippen LogP contribution in [0.15, 0.2) is 73.1 Å². The van der Waals surface area contributed by atoms with E-state index in [1.165, 1.54) is 9.71 Å². The average molecular weight is 415 g/mol. The highest BCUT2D eigenvalue weighted by Gasteiger charge is 2.25. The Kier molecular flexibility index (Phi) is 5.15. The number of hydrogen-bond donors (Lipinski definition) is 0. The Morgan fingerprint density at radius 1 is 1.03 bits per heavy atom. The maximum absolute atomic E-state index is 12.6. The number of amides is 1. The Bertz CT molecular complexity index is 1150. The molecule has 0 spiro atoms. The van der Waals surface area contributed by atoms with Crippen LogP contribution in [0.3, 0.4) is 0 Å². The molecule has 0 saturated carbocycles. The molecule has 4 aromatic rings. The number of aromatic nitrogens is 3. The van der Waals surface area contributed by atoms with Crippen LogP contribution in [0.4, 0.5) is 0 Å². The number of para-hydroxylation sites is 2. The molecule has 3 heterocycles. The minimum Gasteiger partial charge on any atom is -0.339 e. The lowest BCUT2D eigenvalue weighted by Crippen LogP contribution is -2.36. The van der Waals surface area contributed by atoms with Crippen LogP contribution in [-0.2, 0) is 4.79 Å². The molecule has 0 unspecified atom stereocenters. The van der Waals surface area contributed by atoms with Crippen molar-refractivity contribution in [1.82, 2.24) is 19.7 Å². The number of thiazole rings is 1. The highest BCUT2D eigenvalue weighted by atomic mass is 32.1. The number of piperidine rings is 1. The van der Waals surface area contributed by atoms with Gasteiger partial charge in [0.25, 0.3) is 0 Å². The first-order chi connectivity index (χ1) is 14.8. The lowest BCUT2D eigenvalue weighted by molar-refractivity contribution is -0.126. The monoisotopic (exact) mass is 414 g/mol. The molecule has 0 atom stereocenters. The van der Waals surface area contributed by atoms with E-state index >= 15 is 0 Å². The maximum atomic E-state index is 12.6. The minimum absolute atomic E-state index is 0.0604. The van der Waals surface area contributed by atoms with Crippen molar-refractivity contribution in [3.63, 3.8) is 0 Å². The topological polar surface area (TPSA) is 51.0 Å². The molecule has 1 saturated heterocycles. The second-order valence-electron chi connectivity index (χ2n) is 7.51. The van der Waals surface area contributed by atoms with Crippen LogP contribution in [0.25, 0.3) is 22.0 Å². The number of benzene rings is 2. The molecule has 1 aliphatic rings. The summed E-state index contributed by atoms with van der Waals surface area (Å²) in [5, 5.41) is 5.57. The summed E-state index contributed by atoms with van der Waals surface area (Å²) in [5.74, 6) is 0.504. The summed E-state index contributed by atoms with van der Waals surface area (Å²) < 4.78 is 3.05. The molecule has 5 rings (SSSR count). The van der Waals surface area contributed by atoms with Gasteiger partial charge in [-0.2, -0.15) is 5.10 Å². The van der Waals surface area contributed by atoms with Gasteiger partial charge in [-0.3, -0.25) is 4.79 Å². The van der Waals surface area contributed by atoms with E-state index in [4.69, 9.17) is 4.98 Å². The summed E-state index contributed by atoms with van der Waals surface area (Å²) in [5.41, 5.74) is 2.99. The quantitative estimate of drug-likeness (QED) is 0.446. The van der Waals surface area contributed by atoms with Crippen LogP contribution in [-0.4, -0.2) is 38.7 Å². The zero-order chi connectivity index (χ0) is 20.3. The van der Waals surface area contributed by atoms with Crippen LogP contribution in [0.5, 0.6) is 0 Å². The molecular formula is C24H22N4OS. The van der Waals surface area contributed by atoms with E-state index in [2.05, 4.69) is 23.3 Å². The minimum atomic E-state index is 0.0604. The van der Waals surface area contributed by atoms with E-state index in [1.54, 1.807) is 23.6 Å². The first-order valence-electron chi connectivity index (χ1n) is 10.2. The van der Waals surface area contributed by atoms with Crippen molar-refractivity contribution >= 4 is 33.5 Å². The molecule has 150 valence electrons. The molecule has 30 heavy (non-hydrogen) atoms. The first-order valence-corrected chi connectivity index (χ1v) is 11.0. The summed E-state index contributed by atoms with van der Waals surface area (Å²) in [6.45, 7) is 1.54. The lowest BCUT2D eigenvalue weighted by Gasteiger charge is -2.30. The fourth-order valence-electron chi connectivity index (χ4n) is 3.83. The van der Waals surface area contributed by atoms with Gasteiger partial charge >= 0.3 is 0 Å². The maximum Gasteiger partial charge on any atom is 0.246 e. The summed E-state index contributed by atoms with van der Waals surface area (Å²) in [7, 11) is 0. The number of nitrogens with zero attached hydrogens (tertiary/aromatic N) is 4. The predicted octanol–water partition coefficient (Wildman–Crippen LogP) is 4.90. The molecule has 1 aliphatic heterocycles. The largest absolute Gasteiger partial charge is 0.339 e. The van der Waals surface area contributed by atoms with Crippen LogP contribution < -0.4 is 0 Å². The van der Waals surface area contributed by atoms with E-state index in [1.807, 2.05) is 58.3 Å². The molecular weight excluding hydrogens is 392 g/mol. The summed E-state index contributed by atoms with van der Waals surface area (Å²) in [6.07, 6.45) is 9.13. The number of carbonyl (C=O) groups is 1. The molecule has 1 amide bonds. The van der Waals surface area contributed by atoms with E-state index in [9.17, 15) is 4.79 Å². The predicted molar refractivity (Wildman–Crippen MR) is 121 cm³/mol. The van der Waals surface area contributed by atoms with Crippen molar-refractivity contribution in [2.75, 3.05) is 13.1 Å². The molecule has 5 nitrogen and oxygen atoms in total. The van der Waals surface area contributed by atoms with Crippen molar-refractivity contribution < 1.29 is 4.79 Å². The van der Waals surface area contributed by atoms with Gasteiger partial charge in [-0.25, -0.2) is 9.67 Å². The lowest BCUT2D eigenvalue weighted by atomic mass is 9.97. The Morgan fingerprint density at radius 2 is 1.80 bits per heavy atom. The summed E-state index contributed by atoms with van der Waals surface area (Å²) in [4.78, 5) is 19.4. The van der Waals surface area contributed by atoms with Gasteiger partial charge in [0.2, 0.25) is 5.91 Å².